The lowest BCUT2D eigenvalue weighted by molar-refractivity contribution is 0.0939. The van der Waals surface area contributed by atoms with Crippen molar-refractivity contribution in [2.75, 3.05) is 11.9 Å². The Bertz CT molecular complexity index is 1700. The third kappa shape index (κ3) is 4.19. The molecule has 5 aromatic rings. The van der Waals surface area contributed by atoms with E-state index in [2.05, 4.69) is 58.8 Å². The number of hydrogen-bond acceptors (Lipinski definition) is 5. The van der Waals surface area contributed by atoms with E-state index in [1.165, 1.54) is 22.3 Å². The number of carbonyl (C=O) groups is 1. The number of nitrogens with zero attached hydrogens (tertiary/aromatic N) is 2. The second-order valence-corrected chi connectivity index (χ2v) is 10.4. The second kappa shape index (κ2) is 9.08. The number of para-hydroxylation sites is 1. The predicted molar refractivity (Wildman–Crippen MR) is 151 cm³/mol. The molecule has 0 spiro atoms. The molecule has 1 aliphatic rings. The Morgan fingerprint density at radius 2 is 1.66 bits per heavy atom. The maximum atomic E-state index is 12.1. The summed E-state index contributed by atoms with van der Waals surface area (Å²) in [6, 6.07) is 27.1. The molecule has 0 fully saturated rings. The second-order valence-electron chi connectivity index (χ2n) is 10.4. The van der Waals surface area contributed by atoms with E-state index in [0.29, 0.717) is 5.69 Å². The van der Waals surface area contributed by atoms with Gasteiger partial charge in [-0.25, -0.2) is 4.98 Å². The molecule has 38 heavy (non-hydrogen) atoms. The fourth-order valence-corrected chi connectivity index (χ4v) is 5.35. The molecule has 2 heterocycles. The number of nitrogens with two attached hydrogens (primary N) is 1. The van der Waals surface area contributed by atoms with Crippen LogP contribution in [0.2, 0.25) is 0 Å². The van der Waals surface area contributed by atoms with Crippen molar-refractivity contribution >= 4 is 22.5 Å². The Morgan fingerprint density at radius 3 is 2.47 bits per heavy atom. The van der Waals surface area contributed by atoms with Crippen LogP contribution in [0.15, 0.2) is 91.3 Å². The molecular weight excluding hydrogens is 472 g/mol. The quantitative estimate of drug-likeness (QED) is 0.271. The molecular formula is C32H28N4O2. The Hall–Kier alpha value is -4.55. The third-order valence-electron chi connectivity index (χ3n) is 7.04. The van der Waals surface area contributed by atoms with E-state index in [0.717, 1.165) is 27.6 Å². The molecule has 1 unspecified atom stereocenters. The fourth-order valence-electron chi connectivity index (χ4n) is 5.35. The molecule has 1 amide bonds. The van der Waals surface area contributed by atoms with E-state index >= 15 is 0 Å². The van der Waals surface area contributed by atoms with Gasteiger partial charge < -0.3 is 16.2 Å². The van der Waals surface area contributed by atoms with Crippen molar-refractivity contribution in [3.63, 3.8) is 0 Å². The summed E-state index contributed by atoms with van der Waals surface area (Å²) in [5, 5.41) is 14.5. The number of nitrogens with one attached hydrogen (secondary N) is 1. The zero-order chi connectivity index (χ0) is 26.4. The van der Waals surface area contributed by atoms with Gasteiger partial charge in [0.1, 0.15) is 0 Å². The molecule has 6 nitrogen and oxygen atoms in total. The number of anilines is 1. The molecule has 0 aliphatic heterocycles. The molecule has 0 bridgehead atoms. The average Bonchev–Trinajstić information content (AvgIpc) is 3.25. The summed E-state index contributed by atoms with van der Waals surface area (Å²) in [6.45, 7) is 3.65. The zero-order valence-electron chi connectivity index (χ0n) is 21.3. The van der Waals surface area contributed by atoms with Gasteiger partial charge in [0.2, 0.25) is 0 Å². The first-order chi connectivity index (χ1) is 18.3. The van der Waals surface area contributed by atoms with Crippen molar-refractivity contribution in [2.45, 2.75) is 25.4 Å². The number of hydrogen-bond donors (Lipinski definition) is 3. The Morgan fingerprint density at radius 1 is 0.921 bits per heavy atom. The van der Waals surface area contributed by atoms with Crippen LogP contribution < -0.4 is 11.1 Å². The monoisotopic (exact) mass is 500 g/mol. The first-order valence-corrected chi connectivity index (χ1v) is 12.6. The van der Waals surface area contributed by atoms with Crippen molar-refractivity contribution in [3.8, 4) is 22.3 Å². The zero-order valence-corrected chi connectivity index (χ0v) is 21.3. The highest BCUT2D eigenvalue weighted by Gasteiger charge is 2.32. The lowest BCUT2D eigenvalue weighted by Gasteiger charge is -2.21. The number of amides is 1. The topological polar surface area (TPSA) is 101 Å². The molecule has 188 valence electrons. The molecule has 0 radical (unpaired) electrons. The molecule has 1 atom stereocenters. The van der Waals surface area contributed by atoms with Crippen LogP contribution in [0.4, 0.5) is 5.69 Å². The van der Waals surface area contributed by atoms with Gasteiger partial charge in [-0.3, -0.25) is 9.78 Å². The number of benzene rings is 3. The standard InChI is InChI=1S/C32H28N4O2/c1-32(2,38)18-36-27-15-21(17-35-30(27)31(33)37)28-23-9-4-5-10-24(23)29-22(11-7-12-25(28)29)20-14-19-8-3-6-13-26(19)34-16-20/h3-17,28,36,38H,18H2,1-2H3,(H2,33,37). The van der Waals surface area contributed by atoms with E-state index in [1.807, 2.05) is 36.5 Å². The van der Waals surface area contributed by atoms with Crippen LogP contribution in [-0.4, -0.2) is 33.1 Å². The fraction of sp³-hybridized carbons (Fsp3) is 0.156. The minimum atomic E-state index is -0.972. The van der Waals surface area contributed by atoms with Crippen molar-refractivity contribution in [3.05, 3.63) is 114 Å². The highest BCUT2D eigenvalue weighted by Crippen LogP contribution is 2.51. The van der Waals surface area contributed by atoms with Gasteiger partial charge in [0, 0.05) is 35.8 Å². The number of pyridine rings is 2. The van der Waals surface area contributed by atoms with Crippen LogP contribution in [0.5, 0.6) is 0 Å². The normalized spacial score (nSPS) is 14.2. The number of aliphatic hydroxyl groups is 1. The highest BCUT2D eigenvalue weighted by atomic mass is 16.3. The minimum absolute atomic E-state index is 0.0771. The van der Waals surface area contributed by atoms with E-state index < -0.39 is 11.5 Å². The van der Waals surface area contributed by atoms with Crippen molar-refractivity contribution in [1.29, 1.82) is 0 Å². The van der Waals surface area contributed by atoms with Crippen LogP contribution in [0.1, 0.15) is 46.9 Å². The summed E-state index contributed by atoms with van der Waals surface area (Å²) in [4.78, 5) is 21.3. The van der Waals surface area contributed by atoms with Crippen molar-refractivity contribution in [1.82, 2.24) is 9.97 Å². The van der Waals surface area contributed by atoms with Crippen LogP contribution in [-0.2, 0) is 0 Å². The van der Waals surface area contributed by atoms with Crippen molar-refractivity contribution < 1.29 is 9.90 Å². The molecule has 6 rings (SSSR count). The molecule has 4 N–H and O–H groups in total. The average molecular weight is 501 g/mol. The molecule has 0 saturated heterocycles. The number of carbonyl (C=O) groups excluding carboxylic acids is 1. The van der Waals surface area contributed by atoms with Crippen LogP contribution in [0.25, 0.3) is 33.2 Å². The molecule has 3 aromatic carbocycles. The van der Waals surface area contributed by atoms with E-state index in [9.17, 15) is 9.90 Å². The van der Waals surface area contributed by atoms with Gasteiger partial charge >= 0.3 is 0 Å². The summed E-state index contributed by atoms with van der Waals surface area (Å²) < 4.78 is 0. The number of rotatable bonds is 6. The van der Waals surface area contributed by atoms with Gasteiger partial charge in [0.05, 0.1) is 16.8 Å². The number of aromatic nitrogens is 2. The Kier molecular flexibility index (Phi) is 5.69. The first-order valence-electron chi connectivity index (χ1n) is 12.6. The van der Waals surface area contributed by atoms with Gasteiger partial charge in [-0.15, -0.1) is 0 Å². The maximum absolute atomic E-state index is 12.1. The number of fused-ring (bicyclic) bond motifs is 4. The summed E-state index contributed by atoms with van der Waals surface area (Å²) in [7, 11) is 0. The third-order valence-corrected chi connectivity index (χ3v) is 7.04. The molecule has 2 aromatic heterocycles. The summed E-state index contributed by atoms with van der Waals surface area (Å²) in [6.07, 6.45) is 3.67. The van der Waals surface area contributed by atoms with Crippen LogP contribution >= 0.6 is 0 Å². The lowest BCUT2D eigenvalue weighted by Crippen LogP contribution is -2.30. The molecule has 6 heteroatoms. The summed E-state index contributed by atoms with van der Waals surface area (Å²) in [5.41, 5.74) is 14.1. The summed E-state index contributed by atoms with van der Waals surface area (Å²) in [5.74, 6) is -0.695. The van der Waals surface area contributed by atoms with Crippen molar-refractivity contribution in [2.24, 2.45) is 5.73 Å². The van der Waals surface area contributed by atoms with Gasteiger partial charge in [-0.05, 0) is 65.4 Å². The Labute approximate surface area is 221 Å². The van der Waals surface area contributed by atoms with Gasteiger partial charge in [0.25, 0.3) is 5.91 Å². The van der Waals surface area contributed by atoms with E-state index in [-0.39, 0.29) is 18.2 Å². The van der Waals surface area contributed by atoms with Crippen LogP contribution in [0, 0.1) is 0 Å². The lowest BCUT2D eigenvalue weighted by atomic mass is 9.88. The van der Waals surface area contributed by atoms with E-state index in [4.69, 9.17) is 10.7 Å². The minimum Gasteiger partial charge on any atom is -0.389 e. The maximum Gasteiger partial charge on any atom is 0.269 e. The summed E-state index contributed by atoms with van der Waals surface area (Å²) >= 11 is 0. The van der Waals surface area contributed by atoms with Gasteiger partial charge in [0.15, 0.2) is 5.69 Å². The Balaban J connectivity index is 1.51. The molecule has 1 aliphatic carbocycles. The highest BCUT2D eigenvalue weighted by molar-refractivity contribution is 5.97. The smallest absolute Gasteiger partial charge is 0.269 e. The predicted octanol–water partition coefficient (Wildman–Crippen LogP) is 5.74. The number of primary amides is 1. The van der Waals surface area contributed by atoms with Gasteiger partial charge in [-0.1, -0.05) is 60.7 Å². The first kappa shape index (κ1) is 23.8. The largest absolute Gasteiger partial charge is 0.389 e. The van der Waals surface area contributed by atoms with E-state index in [1.54, 1.807) is 20.0 Å². The SMILES string of the molecule is CC(C)(O)CNc1cc(C2c3ccccc3-c3c(-c4cnc5ccccc5c4)cccc32)cnc1C(N)=O. The van der Waals surface area contributed by atoms with Crippen LogP contribution in [0.3, 0.4) is 0 Å². The van der Waals surface area contributed by atoms with Gasteiger partial charge in [-0.2, -0.15) is 0 Å². The molecule has 0 saturated carbocycles.